The Morgan fingerprint density at radius 2 is 1.83 bits per heavy atom. The molecule has 1 heterocycles. The molecular formula is C22H25ClF3N3O. The number of aryl methyl sites for hydroxylation is 2. The minimum atomic E-state index is -1.40. The van der Waals surface area contributed by atoms with Crippen LogP contribution in [0.5, 0.6) is 0 Å². The van der Waals surface area contributed by atoms with Crippen molar-refractivity contribution in [3.8, 4) is 0 Å². The summed E-state index contributed by atoms with van der Waals surface area (Å²) in [4.78, 5) is 12.5. The Morgan fingerprint density at radius 1 is 1.13 bits per heavy atom. The van der Waals surface area contributed by atoms with E-state index in [1.165, 1.54) is 24.1 Å². The Morgan fingerprint density at radius 3 is 2.53 bits per heavy atom. The van der Waals surface area contributed by atoms with Crippen LogP contribution in [0, 0.1) is 30.3 Å². The molecule has 0 atom stereocenters. The number of carbonyl (C=O) groups excluding carboxylic acids is 1. The maximum Gasteiger partial charge on any atom is 0.256 e. The van der Waals surface area contributed by atoms with Crippen LogP contribution < -0.4 is 5.32 Å². The molecule has 1 amide bonds. The number of nitrogens with zero attached hydrogens (tertiary/aromatic N) is 2. The summed E-state index contributed by atoms with van der Waals surface area (Å²) in [5.41, 5.74) is 1.41. The maximum absolute atomic E-state index is 14.3. The van der Waals surface area contributed by atoms with Crippen molar-refractivity contribution in [3.05, 3.63) is 51.1 Å². The summed E-state index contributed by atoms with van der Waals surface area (Å²) in [6, 6.07) is -0.150. The van der Waals surface area contributed by atoms with Gasteiger partial charge in [-0.1, -0.05) is 11.6 Å². The fourth-order valence-corrected chi connectivity index (χ4v) is 4.84. The normalized spacial score (nSPS) is 21.4. The third-order valence-corrected chi connectivity index (χ3v) is 6.73. The van der Waals surface area contributed by atoms with Crippen LogP contribution in [-0.2, 0) is 19.4 Å². The molecule has 0 saturated heterocycles. The molecule has 162 valence electrons. The van der Waals surface area contributed by atoms with Crippen molar-refractivity contribution in [1.29, 1.82) is 0 Å². The molecular weight excluding hydrogens is 415 g/mol. The van der Waals surface area contributed by atoms with Gasteiger partial charge in [-0.15, -0.1) is 0 Å². The summed E-state index contributed by atoms with van der Waals surface area (Å²) >= 11 is 5.72. The lowest BCUT2D eigenvalue weighted by molar-refractivity contribution is 0.0915. The lowest BCUT2D eigenvalue weighted by atomic mass is 9.86. The van der Waals surface area contributed by atoms with Gasteiger partial charge in [0.15, 0.2) is 11.6 Å². The van der Waals surface area contributed by atoms with Gasteiger partial charge in [0.2, 0.25) is 0 Å². The first-order valence-electron chi connectivity index (χ1n) is 10.5. The van der Waals surface area contributed by atoms with E-state index in [9.17, 15) is 18.0 Å². The number of rotatable bonds is 4. The fourth-order valence-electron chi connectivity index (χ4n) is 4.59. The van der Waals surface area contributed by atoms with Crippen LogP contribution in [0.2, 0.25) is 5.02 Å². The fraction of sp³-hybridized carbons (Fsp3) is 0.545. The van der Waals surface area contributed by atoms with E-state index in [0.717, 1.165) is 52.0 Å². The minimum absolute atomic E-state index is 0.150. The first-order chi connectivity index (χ1) is 14.3. The average Bonchev–Trinajstić information content (AvgIpc) is 3.14. The summed E-state index contributed by atoms with van der Waals surface area (Å²) < 4.78 is 43.9. The van der Waals surface area contributed by atoms with E-state index in [1.807, 2.05) is 0 Å². The molecule has 0 radical (unpaired) electrons. The predicted molar refractivity (Wildman–Crippen MR) is 108 cm³/mol. The van der Waals surface area contributed by atoms with E-state index in [0.29, 0.717) is 5.92 Å². The number of hydrogen-bond donors (Lipinski definition) is 1. The highest BCUT2D eigenvalue weighted by atomic mass is 35.5. The molecule has 1 N–H and O–H groups in total. The summed E-state index contributed by atoms with van der Waals surface area (Å²) in [5.74, 6) is -4.22. The van der Waals surface area contributed by atoms with E-state index >= 15 is 0 Å². The highest BCUT2D eigenvalue weighted by Crippen LogP contribution is 2.30. The molecule has 2 aromatic rings. The van der Waals surface area contributed by atoms with E-state index in [-0.39, 0.29) is 6.04 Å². The second-order valence-corrected chi connectivity index (χ2v) is 8.86. The minimum Gasteiger partial charge on any atom is -0.349 e. The van der Waals surface area contributed by atoms with E-state index in [4.69, 9.17) is 16.7 Å². The molecule has 8 heteroatoms. The Bertz CT molecular complexity index is 915. The first kappa shape index (κ1) is 21.2. The van der Waals surface area contributed by atoms with Crippen LogP contribution in [0.1, 0.15) is 65.7 Å². The number of amides is 1. The van der Waals surface area contributed by atoms with E-state index in [1.54, 1.807) is 0 Å². The van der Waals surface area contributed by atoms with Crippen molar-refractivity contribution >= 4 is 17.5 Å². The van der Waals surface area contributed by atoms with Gasteiger partial charge in [0, 0.05) is 24.3 Å². The molecule has 2 aliphatic rings. The van der Waals surface area contributed by atoms with Gasteiger partial charge in [0.25, 0.3) is 5.91 Å². The van der Waals surface area contributed by atoms with Gasteiger partial charge in [0.1, 0.15) is 5.82 Å². The predicted octanol–water partition coefficient (Wildman–Crippen LogP) is 5.13. The SMILES string of the molecule is Cc1c(F)c(F)c(Cl)c(C(=O)NC2CCC(Cn3cc4c(n3)CCCC4)CC2)c1F. The molecule has 1 saturated carbocycles. The molecule has 1 aromatic heterocycles. The number of carbonyl (C=O) groups is 1. The van der Waals surface area contributed by atoms with Crippen molar-refractivity contribution < 1.29 is 18.0 Å². The monoisotopic (exact) mass is 439 g/mol. The Labute approximate surface area is 178 Å². The second-order valence-electron chi connectivity index (χ2n) is 8.48. The van der Waals surface area contributed by atoms with Crippen molar-refractivity contribution in [2.24, 2.45) is 5.92 Å². The molecule has 0 bridgehead atoms. The smallest absolute Gasteiger partial charge is 0.256 e. The molecule has 30 heavy (non-hydrogen) atoms. The lowest BCUT2D eigenvalue weighted by Crippen LogP contribution is -2.39. The van der Waals surface area contributed by atoms with Gasteiger partial charge in [0.05, 0.1) is 16.3 Å². The molecule has 0 aliphatic heterocycles. The molecule has 4 rings (SSSR count). The summed E-state index contributed by atoms with van der Waals surface area (Å²) in [6.07, 6.45) is 10.0. The summed E-state index contributed by atoms with van der Waals surface area (Å²) in [6.45, 7) is 1.94. The van der Waals surface area contributed by atoms with Gasteiger partial charge < -0.3 is 5.32 Å². The molecule has 0 spiro atoms. The molecule has 4 nitrogen and oxygen atoms in total. The van der Waals surface area contributed by atoms with Gasteiger partial charge in [-0.2, -0.15) is 5.10 Å². The van der Waals surface area contributed by atoms with Crippen LogP contribution >= 0.6 is 11.6 Å². The Kier molecular flexibility index (Phi) is 6.09. The third kappa shape index (κ3) is 4.09. The van der Waals surface area contributed by atoms with Gasteiger partial charge in [-0.3, -0.25) is 9.48 Å². The summed E-state index contributed by atoms with van der Waals surface area (Å²) in [7, 11) is 0. The molecule has 0 unspecified atom stereocenters. The van der Waals surface area contributed by atoms with Gasteiger partial charge in [-0.25, -0.2) is 13.2 Å². The van der Waals surface area contributed by atoms with Crippen molar-refractivity contribution in [1.82, 2.24) is 15.1 Å². The average molecular weight is 440 g/mol. The highest BCUT2D eigenvalue weighted by Gasteiger charge is 2.29. The number of aromatic nitrogens is 2. The zero-order valence-electron chi connectivity index (χ0n) is 16.9. The van der Waals surface area contributed by atoms with E-state index in [2.05, 4.69) is 16.2 Å². The number of hydrogen-bond acceptors (Lipinski definition) is 2. The maximum atomic E-state index is 14.3. The topological polar surface area (TPSA) is 46.9 Å². The van der Waals surface area contributed by atoms with Crippen molar-refractivity contribution in [3.63, 3.8) is 0 Å². The van der Waals surface area contributed by atoms with E-state index < -0.39 is 39.5 Å². The zero-order valence-corrected chi connectivity index (χ0v) is 17.7. The molecule has 1 fully saturated rings. The van der Waals surface area contributed by atoms with Crippen LogP contribution in [0.3, 0.4) is 0 Å². The summed E-state index contributed by atoms with van der Waals surface area (Å²) in [5, 5.41) is 6.64. The lowest BCUT2D eigenvalue weighted by Gasteiger charge is -2.29. The van der Waals surface area contributed by atoms with Crippen molar-refractivity contribution in [2.75, 3.05) is 0 Å². The van der Waals surface area contributed by atoms with Crippen molar-refractivity contribution in [2.45, 2.75) is 70.9 Å². The Hall–Kier alpha value is -2.02. The number of nitrogens with one attached hydrogen (secondary N) is 1. The molecule has 2 aliphatic carbocycles. The molecule has 1 aromatic carbocycles. The Balaban J connectivity index is 1.35. The number of benzene rings is 1. The number of fused-ring (bicyclic) bond motifs is 1. The standard InChI is InChI=1S/C22H25ClF3N3O/c1-12-19(24)17(18(23)21(26)20(12)25)22(30)27-15-8-6-13(7-9-15)10-29-11-14-4-2-3-5-16(14)28-29/h11,13,15H,2-10H2,1H3,(H,27,30). The van der Waals surface area contributed by atoms with Crippen LogP contribution in [0.4, 0.5) is 13.2 Å². The first-order valence-corrected chi connectivity index (χ1v) is 10.9. The third-order valence-electron chi connectivity index (χ3n) is 6.37. The van der Waals surface area contributed by atoms with Gasteiger partial charge >= 0.3 is 0 Å². The highest BCUT2D eigenvalue weighted by molar-refractivity contribution is 6.34. The second kappa shape index (κ2) is 8.61. The van der Waals surface area contributed by atoms with Crippen LogP contribution in [0.25, 0.3) is 0 Å². The largest absolute Gasteiger partial charge is 0.349 e. The van der Waals surface area contributed by atoms with Crippen LogP contribution in [0.15, 0.2) is 6.20 Å². The zero-order chi connectivity index (χ0) is 21.4. The quantitative estimate of drug-likeness (QED) is 0.530. The van der Waals surface area contributed by atoms with Gasteiger partial charge in [-0.05, 0) is 69.8 Å². The van der Waals surface area contributed by atoms with Crippen LogP contribution in [-0.4, -0.2) is 21.7 Å². The number of halogens is 4.